The molecule has 0 amide bonds. The zero-order valence-corrected chi connectivity index (χ0v) is 13.7. The summed E-state index contributed by atoms with van der Waals surface area (Å²) in [7, 11) is 1.42. The molecular weight excluding hydrogens is 336 g/mol. The van der Waals surface area contributed by atoms with Gasteiger partial charge in [0.1, 0.15) is 11.5 Å². The molecule has 1 N–H and O–H groups in total. The molecule has 130 valence electrons. The number of benzene rings is 2. The second-order valence-corrected chi connectivity index (χ2v) is 5.41. The van der Waals surface area contributed by atoms with Gasteiger partial charge < -0.3 is 9.84 Å². The lowest BCUT2D eigenvalue weighted by molar-refractivity contribution is -0.384. The summed E-state index contributed by atoms with van der Waals surface area (Å²) in [5.41, 5.74) is 0.896. The van der Waals surface area contributed by atoms with Crippen molar-refractivity contribution in [3.8, 4) is 22.6 Å². The van der Waals surface area contributed by atoms with Crippen molar-refractivity contribution in [1.29, 1.82) is 0 Å². The summed E-state index contributed by atoms with van der Waals surface area (Å²) in [4.78, 5) is 27.1. The number of methoxy groups -OCH3 is 1. The highest BCUT2D eigenvalue weighted by Crippen LogP contribution is 2.41. The standard InChI is InChI=1S/C19H14N2O5/c1-26-16-6-5-15(18(22)12-7-9-20-10-8-12)19(23)17(16)13-3-2-4-14(11-13)21(24)25/h2-11,23H,1H3. The minimum Gasteiger partial charge on any atom is -0.506 e. The van der Waals surface area contributed by atoms with Crippen molar-refractivity contribution in [2.24, 2.45) is 0 Å². The molecule has 0 unspecified atom stereocenters. The van der Waals surface area contributed by atoms with Crippen LogP contribution in [-0.2, 0) is 0 Å². The molecule has 0 aliphatic carbocycles. The molecule has 0 fully saturated rings. The Bertz CT molecular complexity index is 986. The highest BCUT2D eigenvalue weighted by molar-refractivity contribution is 6.12. The van der Waals surface area contributed by atoms with E-state index in [1.807, 2.05) is 0 Å². The van der Waals surface area contributed by atoms with E-state index in [1.54, 1.807) is 24.3 Å². The van der Waals surface area contributed by atoms with Gasteiger partial charge in [-0.05, 0) is 29.8 Å². The number of aromatic nitrogens is 1. The molecular formula is C19H14N2O5. The first-order valence-electron chi connectivity index (χ1n) is 7.62. The van der Waals surface area contributed by atoms with Crippen LogP contribution in [0.25, 0.3) is 11.1 Å². The normalized spacial score (nSPS) is 10.3. The fourth-order valence-electron chi connectivity index (χ4n) is 2.64. The van der Waals surface area contributed by atoms with Crippen LogP contribution in [0.1, 0.15) is 15.9 Å². The maximum absolute atomic E-state index is 12.7. The monoisotopic (exact) mass is 350 g/mol. The lowest BCUT2D eigenvalue weighted by Gasteiger charge is -2.14. The fourth-order valence-corrected chi connectivity index (χ4v) is 2.64. The van der Waals surface area contributed by atoms with Crippen LogP contribution in [0.2, 0.25) is 0 Å². The number of aromatic hydroxyl groups is 1. The van der Waals surface area contributed by atoms with Gasteiger partial charge in [-0.15, -0.1) is 0 Å². The van der Waals surface area contributed by atoms with Crippen molar-refractivity contribution in [1.82, 2.24) is 4.98 Å². The number of phenols is 1. The molecule has 26 heavy (non-hydrogen) atoms. The third-order valence-electron chi connectivity index (χ3n) is 3.89. The number of nitro benzene ring substituents is 1. The number of rotatable bonds is 5. The summed E-state index contributed by atoms with van der Waals surface area (Å²) in [6, 6.07) is 11.9. The summed E-state index contributed by atoms with van der Waals surface area (Å²) in [6.45, 7) is 0. The maximum Gasteiger partial charge on any atom is 0.270 e. The highest BCUT2D eigenvalue weighted by atomic mass is 16.6. The molecule has 1 aromatic heterocycles. The first kappa shape index (κ1) is 17.1. The van der Waals surface area contributed by atoms with Crippen LogP contribution >= 0.6 is 0 Å². The Morgan fingerprint density at radius 1 is 1.15 bits per heavy atom. The first-order chi connectivity index (χ1) is 12.5. The van der Waals surface area contributed by atoms with Gasteiger partial charge in [0.25, 0.3) is 5.69 Å². The van der Waals surface area contributed by atoms with Gasteiger partial charge in [0.2, 0.25) is 0 Å². The van der Waals surface area contributed by atoms with Crippen molar-refractivity contribution >= 4 is 11.5 Å². The molecule has 7 heteroatoms. The number of ketones is 1. The van der Waals surface area contributed by atoms with E-state index in [9.17, 15) is 20.0 Å². The van der Waals surface area contributed by atoms with E-state index in [4.69, 9.17) is 4.74 Å². The average Bonchev–Trinajstić information content (AvgIpc) is 2.67. The van der Waals surface area contributed by atoms with Gasteiger partial charge >= 0.3 is 0 Å². The number of nitro groups is 1. The van der Waals surface area contributed by atoms with Gasteiger partial charge in [-0.25, -0.2) is 0 Å². The number of carbonyl (C=O) groups is 1. The minimum atomic E-state index is -0.529. The number of hydrogen-bond donors (Lipinski definition) is 1. The Morgan fingerprint density at radius 3 is 2.54 bits per heavy atom. The molecule has 0 saturated carbocycles. The molecule has 2 aromatic carbocycles. The van der Waals surface area contributed by atoms with Crippen molar-refractivity contribution < 1.29 is 19.6 Å². The second-order valence-electron chi connectivity index (χ2n) is 5.41. The lowest BCUT2D eigenvalue weighted by atomic mass is 9.96. The number of carbonyl (C=O) groups excluding carboxylic acids is 1. The van der Waals surface area contributed by atoms with E-state index in [0.29, 0.717) is 16.9 Å². The number of non-ortho nitro benzene ring substituents is 1. The molecule has 0 radical (unpaired) electrons. The molecule has 1 heterocycles. The zero-order chi connectivity index (χ0) is 18.7. The number of nitrogens with zero attached hydrogens (tertiary/aromatic N) is 2. The van der Waals surface area contributed by atoms with Crippen molar-refractivity contribution in [2.45, 2.75) is 0 Å². The molecule has 3 aromatic rings. The van der Waals surface area contributed by atoms with E-state index in [1.165, 1.54) is 43.8 Å². The van der Waals surface area contributed by atoms with Crippen molar-refractivity contribution in [3.63, 3.8) is 0 Å². The molecule has 0 spiro atoms. The van der Waals surface area contributed by atoms with Gasteiger partial charge in [0.15, 0.2) is 5.78 Å². The molecule has 0 aliphatic rings. The van der Waals surface area contributed by atoms with Crippen LogP contribution in [0.15, 0.2) is 60.9 Å². The van der Waals surface area contributed by atoms with Crippen molar-refractivity contribution in [2.75, 3.05) is 7.11 Å². The van der Waals surface area contributed by atoms with E-state index < -0.39 is 4.92 Å². The molecule has 0 saturated heterocycles. The Balaban J connectivity index is 2.18. The van der Waals surface area contributed by atoms with Gasteiger partial charge in [-0.3, -0.25) is 19.9 Å². The summed E-state index contributed by atoms with van der Waals surface area (Å²) >= 11 is 0. The van der Waals surface area contributed by atoms with Gasteiger partial charge in [-0.1, -0.05) is 12.1 Å². The Hall–Kier alpha value is -3.74. The lowest BCUT2D eigenvalue weighted by Crippen LogP contribution is -2.03. The third-order valence-corrected chi connectivity index (χ3v) is 3.89. The highest BCUT2D eigenvalue weighted by Gasteiger charge is 2.21. The Labute approximate surface area is 148 Å². The number of pyridine rings is 1. The first-order valence-corrected chi connectivity index (χ1v) is 7.62. The van der Waals surface area contributed by atoms with Crippen LogP contribution in [0.3, 0.4) is 0 Å². The predicted molar refractivity (Wildman–Crippen MR) is 94.4 cm³/mol. The topological polar surface area (TPSA) is 103 Å². The van der Waals surface area contributed by atoms with Crippen LogP contribution in [-0.4, -0.2) is 27.9 Å². The Kier molecular flexibility index (Phi) is 4.62. The molecule has 0 aliphatic heterocycles. The van der Waals surface area contributed by atoms with E-state index in [-0.39, 0.29) is 28.3 Å². The maximum atomic E-state index is 12.7. The average molecular weight is 350 g/mol. The van der Waals surface area contributed by atoms with E-state index >= 15 is 0 Å². The quantitative estimate of drug-likeness (QED) is 0.428. The summed E-state index contributed by atoms with van der Waals surface area (Å²) in [5, 5.41) is 21.8. The van der Waals surface area contributed by atoms with Crippen LogP contribution in [0, 0.1) is 10.1 Å². The smallest absolute Gasteiger partial charge is 0.270 e. The van der Waals surface area contributed by atoms with Crippen LogP contribution < -0.4 is 4.74 Å². The largest absolute Gasteiger partial charge is 0.506 e. The SMILES string of the molecule is COc1ccc(C(=O)c2ccncc2)c(O)c1-c1cccc([N+](=O)[O-])c1. The summed E-state index contributed by atoms with van der Waals surface area (Å²) in [5.74, 6) is -0.389. The molecule has 0 atom stereocenters. The van der Waals surface area contributed by atoms with Gasteiger partial charge in [0, 0.05) is 30.1 Å². The molecule has 0 bridgehead atoms. The van der Waals surface area contributed by atoms with Crippen LogP contribution in [0.5, 0.6) is 11.5 Å². The Morgan fingerprint density at radius 2 is 1.88 bits per heavy atom. The molecule has 7 nitrogen and oxygen atoms in total. The summed E-state index contributed by atoms with van der Waals surface area (Å²) < 4.78 is 5.27. The van der Waals surface area contributed by atoms with E-state index in [2.05, 4.69) is 4.98 Å². The second kappa shape index (κ2) is 7.02. The number of hydrogen-bond acceptors (Lipinski definition) is 6. The van der Waals surface area contributed by atoms with Gasteiger partial charge in [-0.2, -0.15) is 0 Å². The van der Waals surface area contributed by atoms with Crippen molar-refractivity contribution in [3.05, 3.63) is 82.2 Å². The molecule has 3 rings (SSSR count). The summed E-state index contributed by atoms with van der Waals surface area (Å²) in [6.07, 6.45) is 2.96. The number of ether oxygens (including phenoxy) is 1. The van der Waals surface area contributed by atoms with E-state index in [0.717, 1.165) is 0 Å². The predicted octanol–water partition coefficient (Wildman–Crippen LogP) is 3.60. The van der Waals surface area contributed by atoms with Crippen LogP contribution in [0.4, 0.5) is 5.69 Å². The zero-order valence-electron chi connectivity index (χ0n) is 13.7. The minimum absolute atomic E-state index is 0.0681. The fraction of sp³-hybridized carbons (Fsp3) is 0.0526. The number of phenolic OH excluding ortho intramolecular Hbond substituents is 1. The van der Waals surface area contributed by atoms with Gasteiger partial charge in [0.05, 0.1) is 23.2 Å². The third kappa shape index (κ3) is 3.10.